The van der Waals surface area contributed by atoms with E-state index < -0.39 is 0 Å². The predicted molar refractivity (Wildman–Crippen MR) is 95.4 cm³/mol. The molecule has 0 fully saturated rings. The fourth-order valence-corrected chi connectivity index (χ4v) is 4.05. The normalized spacial score (nSPS) is 12.6. The van der Waals surface area contributed by atoms with E-state index in [1.54, 1.807) is 0 Å². The largest absolute Gasteiger partial charge is 0.0786 e. The highest BCUT2D eigenvalue weighted by molar-refractivity contribution is 9.09. The number of hydrogen-bond donors (Lipinski definition) is 0. The van der Waals surface area contributed by atoms with Crippen LogP contribution in [0.1, 0.15) is 32.6 Å². The van der Waals surface area contributed by atoms with Crippen LogP contribution >= 0.6 is 15.9 Å². The second-order valence-electron chi connectivity index (χ2n) is 5.67. The van der Waals surface area contributed by atoms with Gasteiger partial charge in [-0.25, -0.2) is 0 Å². The third-order valence-electron chi connectivity index (χ3n) is 4.36. The molecule has 0 aliphatic rings. The van der Waals surface area contributed by atoms with Crippen molar-refractivity contribution in [2.24, 2.45) is 0 Å². The van der Waals surface area contributed by atoms with E-state index in [1.165, 1.54) is 38.6 Å². The van der Waals surface area contributed by atoms with Gasteiger partial charge in [-0.1, -0.05) is 70.5 Å². The number of rotatable bonds is 2. The highest BCUT2D eigenvalue weighted by Crippen LogP contribution is 2.39. The van der Waals surface area contributed by atoms with Crippen LogP contribution in [-0.4, -0.2) is 0 Å². The van der Waals surface area contributed by atoms with E-state index in [0.717, 1.165) is 0 Å². The second kappa shape index (κ2) is 5.65. The van der Waals surface area contributed by atoms with E-state index in [0.29, 0.717) is 0 Å². The van der Waals surface area contributed by atoms with Crippen LogP contribution in [0.2, 0.25) is 0 Å². The minimum Gasteiger partial charge on any atom is -0.0786 e. The molecule has 0 radical (unpaired) electrons. The first-order valence-electron chi connectivity index (χ1n) is 7.28. The maximum absolute atomic E-state index is 3.95. The smallest absolute Gasteiger partial charge is 0.0655 e. The van der Waals surface area contributed by atoms with Crippen molar-refractivity contribution in [3.8, 4) is 0 Å². The zero-order chi connectivity index (χ0) is 15.0. The van der Waals surface area contributed by atoms with Crippen molar-refractivity contribution in [2.75, 3.05) is 0 Å². The molecule has 0 saturated carbocycles. The Morgan fingerprint density at radius 2 is 1.52 bits per heavy atom. The van der Waals surface area contributed by atoms with Crippen molar-refractivity contribution >= 4 is 26.7 Å². The molecule has 0 aliphatic heterocycles. The number of benzene rings is 3. The first-order chi connectivity index (χ1) is 10.1. The molecule has 3 aromatic rings. The molecule has 3 rings (SSSR count). The summed E-state index contributed by atoms with van der Waals surface area (Å²) in [6.07, 6.45) is 0. The van der Waals surface area contributed by atoms with Crippen LogP contribution in [0.3, 0.4) is 0 Å². The fourth-order valence-electron chi connectivity index (χ4n) is 2.94. The van der Waals surface area contributed by atoms with Crippen molar-refractivity contribution in [1.29, 1.82) is 0 Å². The van der Waals surface area contributed by atoms with Crippen LogP contribution in [0.4, 0.5) is 0 Å². The summed E-state index contributed by atoms with van der Waals surface area (Å²) in [5.74, 6) is 0. The molecular formula is C20H19Br. The highest BCUT2D eigenvalue weighted by atomic mass is 79.9. The van der Waals surface area contributed by atoms with E-state index >= 15 is 0 Å². The molecule has 0 nitrogen and oxygen atoms in total. The summed E-state index contributed by atoms with van der Waals surface area (Å²) in [6.45, 7) is 6.58. The number of hydrogen-bond acceptors (Lipinski definition) is 0. The molecule has 0 spiro atoms. The summed E-state index contributed by atoms with van der Waals surface area (Å²) >= 11 is 3.95. The monoisotopic (exact) mass is 338 g/mol. The zero-order valence-corrected chi connectivity index (χ0v) is 14.2. The minimum absolute atomic E-state index is 0.225. The van der Waals surface area contributed by atoms with Gasteiger partial charge in [-0.15, -0.1) is 0 Å². The van der Waals surface area contributed by atoms with Crippen LogP contribution in [0, 0.1) is 20.8 Å². The maximum atomic E-state index is 3.95. The molecule has 1 heteroatoms. The quantitative estimate of drug-likeness (QED) is 0.484. The topological polar surface area (TPSA) is 0 Å². The third kappa shape index (κ3) is 2.51. The van der Waals surface area contributed by atoms with Crippen molar-refractivity contribution in [3.05, 3.63) is 82.4 Å². The molecule has 1 unspecified atom stereocenters. The van der Waals surface area contributed by atoms with Crippen molar-refractivity contribution in [3.63, 3.8) is 0 Å². The lowest BCUT2D eigenvalue weighted by atomic mass is 9.91. The fraction of sp³-hybridized carbons (Fsp3) is 0.200. The lowest BCUT2D eigenvalue weighted by molar-refractivity contribution is 1.12. The predicted octanol–water partition coefficient (Wildman–Crippen LogP) is 6.25. The number of halogens is 1. The van der Waals surface area contributed by atoms with Gasteiger partial charge >= 0.3 is 0 Å². The Morgan fingerprint density at radius 1 is 0.762 bits per heavy atom. The van der Waals surface area contributed by atoms with Gasteiger partial charge in [0.2, 0.25) is 0 Å². The van der Waals surface area contributed by atoms with E-state index in [-0.39, 0.29) is 4.83 Å². The van der Waals surface area contributed by atoms with E-state index in [9.17, 15) is 0 Å². The third-order valence-corrected chi connectivity index (χ3v) is 5.31. The van der Waals surface area contributed by atoms with Gasteiger partial charge in [-0.2, -0.15) is 0 Å². The lowest BCUT2D eigenvalue weighted by Crippen LogP contribution is -2.00. The molecule has 0 aromatic heterocycles. The molecule has 0 N–H and O–H groups in total. The van der Waals surface area contributed by atoms with Crippen LogP contribution in [0.25, 0.3) is 10.8 Å². The SMILES string of the molecule is Cc1cccc(C(Br)c2c(C)ccc3ccccc23)c1C. The Kier molecular flexibility index (Phi) is 3.86. The Balaban J connectivity index is 2.24. The highest BCUT2D eigenvalue weighted by Gasteiger charge is 2.18. The van der Waals surface area contributed by atoms with Gasteiger partial charge in [0.1, 0.15) is 0 Å². The average Bonchev–Trinajstić information content (AvgIpc) is 2.49. The maximum Gasteiger partial charge on any atom is 0.0655 e. The Hall–Kier alpha value is -1.60. The molecule has 21 heavy (non-hydrogen) atoms. The Bertz CT molecular complexity index is 802. The minimum atomic E-state index is 0.225. The summed E-state index contributed by atoms with van der Waals surface area (Å²) in [7, 11) is 0. The van der Waals surface area contributed by atoms with Crippen LogP contribution in [0.15, 0.2) is 54.6 Å². The van der Waals surface area contributed by atoms with Gasteiger partial charge in [0.05, 0.1) is 4.83 Å². The summed E-state index contributed by atoms with van der Waals surface area (Å²) in [5.41, 5.74) is 6.77. The molecule has 0 amide bonds. The van der Waals surface area contributed by atoms with E-state index in [2.05, 4.69) is 91.3 Å². The van der Waals surface area contributed by atoms with Crippen LogP contribution in [-0.2, 0) is 0 Å². The molecule has 3 aromatic carbocycles. The van der Waals surface area contributed by atoms with E-state index in [1.807, 2.05) is 0 Å². The van der Waals surface area contributed by atoms with Crippen molar-refractivity contribution < 1.29 is 0 Å². The second-order valence-corrected chi connectivity index (χ2v) is 6.58. The summed E-state index contributed by atoms with van der Waals surface area (Å²) in [4.78, 5) is 0.225. The van der Waals surface area contributed by atoms with Crippen LogP contribution in [0.5, 0.6) is 0 Å². The van der Waals surface area contributed by atoms with Gasteiger partial charge in [0.25, 0.3) is 0 Å². The molecule has 0 bridgehead atoms. The first-order valence-corrected chi connectivity index (χ1v) is 8.19. The Labute approximate surface area is 134 Å². The average molecular weight is 339 g/mol. The standard InChI is InChI=1S/C20H19Br/c1-13-7-6-10-17(15(13)3)20(21)19-14(2)11-12-16-8-4-5-9-18(16)19/h4-12,20H,1-3H3. The van der Waals surface area contributed by atoms with Gasteiger partial charge in [-0.3, -0.25) is 0 Å². The summed E-state index contributed by atoms with van der Waals surface area (Å²) in [5, 5.41) is 2.63. The van der Waals surface area contributed by atoms with Gasteiger partial charge in [0.15, 0.2) is 0 Å². The molecule has 0 aliphatic carbocycles. The number of alkyl halides is 1. The van der Waals surface area contributed by atoms with Gasteiger partial charge in [0, 0.05) is 0 Å². The van der Waals surface area contributed by atoms with E-state index in [4.69, 9.17) is 0 Å². The molecule has 1 atom stereocenters. The van der Waals surface area contributed by atoms with Crippen LogP contribution < -0.4 is 0 Å². The number of fused-ring (bicyclic) bond motifs is 1. The lowest BCUT2D eigenvalue weighted by Gasteiger charge is -2.19. The Morgan fingerprint density at radius 3 is 2.33 bits per heavy atom. The van der Waals surface area contributed by atoms with Gasteiger partial charge in [-0.05, 0) is 59.4 Å². The molecule has 106 valence electrons. The molecule has 0 heterocycles. The summed E-state index contributed by atoms with van der Waals surface area (Å²) < 4.78 is 0. The number of aryl methyl sites for hydroxylation is 2. The molecule has 0 saturated heterocycles. The summed E-state index contributed by atoms with van der Waals surface area (Å²) in [6, 6.07) is 19.6. The zero-order valence-electron chi connectivity index (χ0n) is 12.7. The molecular weight excluding hydrogens is 320 g/mol. The van der Waals surface area contributed by atoms with Crippen molar-refractivity contribution in [1.82, 2.24) is 0 Å². The first kappa shape index (κ1) is 14.3. The van der Waals surface area contributed by atoms with Crippen molar-refractivity contribution in [2.45, 2.75) is 25.6 Å². The van der Waals surface area contributed by atoms with Gasteiger partial charge < -0.3 is 0 Å².